The minimum absolute atomic E-state index is 0.119. The highest BCUT2D eigenvalue weighted by molar-refractivity contribution is 5.73. The van der Waals surface area contributed by atoms with E-state index in [2.05, 4.69) is 26.5 Å². The molecule has 2 atom stereocenters. The first-order valence-electron chi connectivity index (χ1n) is 12.1. The van der Waals surface area contributed by atoms with Gasteiger partial charge in [-0.05, 0) is 38.0 Å². The first kappa shape index (κ1) is 21.2. The number of ether oxygens (including phenoxy) is 1. The number of aryl methyl sites for hydroxylation is 1. The van der Waals surface area contributed by atoms with Crippen molar-refractivity contribution < 1.29 is 9.53 Å². The fourth-order valence-corrected chi connectivity index (χ4v) is 5.47. The van der Waals surface area contributed by atoms with Crippen LogP contribution in [0.3, 0.4) is 0 Å². The zero-order valence-electron chi connectivity index (χ0n) is 19.1. The molecular formula is C24H34N6O2. The number of aromatic amines is 1. The summed E-state index contributed by atoms with van der Waals surface area (Å²) in [7, 11) is 1.49. The van der Waals surface area contributed by atoms with Crippen molar-refractivity contribution in [3.05, 3.63) is 23.5 Å². The molecule has 3 fully saturated rings. The maximum Gasteiger partial charge on any atom is 0.310 e. The van der Waals surface area contributed by atoms with Gasteiger partial charge >= 0.3 is 5.97 Å². The molecule has 0 radical (unpaired) electrons. The van der Waals surface area contributed by atoms with Crippen LogP contribution in [0.5, 0.6) is 0 Å². The molecule has 172 valence electrons. The number of anilines is 3. The Morgan fingerprint density at radius 1 is 1.09 bits per heavy atom. The van der Waals surface area contributed by atoms with Gasteiger partial charge in [-0.2, -0.15) is 10.1 Å². The number of hydrogen-bond donors (Lipinski definition) is 2. The number of piperidine rings is 1. The van der Waals surface area contributed by atoms with Crippen molar-refractivity contribution in [1.29, 1.82) is 0 Å². The van der Waals surface area contributed by atoms with Crippen LogP contribution in [-0.2, 0) is 9.53 Å². The summed E-state index contributed by atoms with van der Waals surface area (Å²) in [6.45, 7) is 3.49. The highest BCUT2D eigenvalue weighted by Gasteiger charge is 2.37. The van der Waals surface area contributed by atoms with Crippen molar-refractivity contribution >= 4 is 23.6 Å². The monoisotopic (exact) mass is 438 g/mol. The second-order valence-corrected chi connectivity index (χ2v) is 9.82. The zero-order chi connectivity index (χ0) is 22.1. The van der Waals surface area contributed by atoms with Crippen LogP contribution in [-0.4, -0.2) is 46.3 Å². The molecule has 0 bridgehead atoms. The maximum absolute atomic E-state index is 12.5. The van der Waals surface area contributed by atoms with Crippen LogP contribution < -0.4 is 10.2 Å². The first-order valence-corrected chi connectivity index (χ1v) is 12.1. The molecule has 0 spiro atoms. The highest BCUT2D eigenvalue weighted by atomic mass is 16.5. The van der Waals surface area contributed by atoms with Crippen LogP contribution in [0.25, 0.3) is 0 Å². The van der Waals surface area contributed by atoms with Gasteiger partial charge in [0.05, 0.1) is 18.7 Å². The molecule has 0 unspecified atom stereocenters. The predicted octanol–water partition coefficient (Wildman–Crippen LogP) is 4.32. The summed E-state index contributed by atoms with van der Waals surface area (Å²) in [5.74, 6) is 3.78. The van der Waals surface area contributed by atoms with Gasteiger partial charge in [-0.3, -0.25) is 9.89 Å². The SMILES string of the molecule is COC(=O)[C@H]1C[C@@H](C2CCCCC2)CN(c2nc(C)cc(Nc3cc(C4CC4)n[nH]3)n2)C1. The predicted molar refractivity (Wildman–Crippen MR) is 123 cm³/mol. The number of H-pyrrole nitrogens is 1. The molecule has 0 amide bonds. The van der Waals surface area contributed by atoms with Crippen LogP contribution in [0.4, 0.5) is 17.6 Å². The summed E-state index contributed by atoms with van der Waals surface area (Å²) >= 11 is 0. The van der Waals surface area contributed by atoms with Crippen LogP contribution in [0, 0.1) is 24.7 Å². The minimum Gasteiger partial charge on any atom is -0.469 e. The fraction of sp³-hybridized carbons (Fsp3) is 0.667. The van der Waals surface area contributed by atoms with Crippen LogP contribution in [0.15, 0.2) is 12.1 Å². The smallest absolute Gasteiger partial charge is 0.310 e. The Labute approximate surface area is 189 Å². The molecule has 5 rings (SSSR count). The molecular weight excluding hydrogens is 404 g/mol. The molecule has 2 saturated carbocycles. The fourth-order valence-electron chi connectivity index (χ4n) is 5.47. The van der Waals surface area contributed by atoms with E-state index in [4.69, 9.17) is 14.7 Å². The topological polar surface area (TPSA) is 96.0 Å². The number of carbonyl (C=O) groups is 1. The maximum atomic E-state index is 12.5. The molecule has 2 aromatic rings. The van der Waals surface area contributed by atoms with Gasteiger partial charge in [-0.25, -0.2) is 4.98 Å². The Balaban J connectivity index is 1.36. The van der Waals surface area contributed by atoms with Gasteiger partial charge < -0.3 is 15.0 Å². The van der Waals surface area contributed by atoms with Gasteiger partial charge in [0, 0.05) is 36.8 Å². The second-order valence-electron chi connectivity index (χ2n) is 9.82. The molecule has 1 saturated heterocycles. The number of hydrogen-bond acceptors (Lipinski definition) is 7. The Morgan fingerprint density at radius 3 is 2.66 bits per heavy atom. The molecule has 2 aliphatic carbocycles. The van der Waals surface area contributed by atoms with Crippen molar-refractivity contribution in [2.24, 2.45) is 17.8 Å². The Bertz CT molecular complexity index is 950. The van der Waals surface area contributed by atoms with Crippen molar-refractivity contribution in [3.63, 3.8) is 0 Å². The van der Waals surface area contributed by atoms with Crippen LogP contribution in [0.2, 0.25) is 0 Å². The number of methoxy groups -OCH3 is 1. The highest BCUT2D eigenvalue weighted by Crippen LogP contribution is 2.40. The third-order valence-corrected chi connectivity index (χ3v) is 7.32. The van der Waals surface area contributed by atoms with E-state index in [0.29, 0.717) is 30.2 Å². The lowest BCUT2D eigenvalue weighted by Gasteiger charge is -2.41. The number of esters is 1. The van der Waals surface area contributed by atoms with Crippen LogP contribution >= 0.6 is 0 Å². The van der Waals surface area contributed by atoms with Gasteiger partial charge in [0.2, 0.25) is 5.95 Å². The standard InChI is InChI=1S/C24H34N6O2/c1-15-10-21(26-22-12-20(28-29-22)17-8-9-17)27-24(25-15)30-13-18(16-6-4-3-5-7-16)11-19(14-30)23(31)32-2/h10,12,16-19H,3-9,11,13-14H2,1-2H3,(H2,25,26,27,28,29)/t18-,19+/m1/s1. The second kappa shape index (κ2) is 9.08. The number of aromatic nitrogens is 4. The minimum atomic E-state index is -0.130. The molecule has 3 heterocycles. The summed E-state index contributed by atoms with van der Waals surface area (Å²) < 4.78 is 5.13. The lowest BCUT2D eigenvalue weighted by molar-refractivity contribution is -0.146. The lowest BCUT2D eigenvalue weighted by atomic mass is 9.74. The van der Waals surface area contributed by atoms with Crippen molar-refractivity contribution in [2.45, 2.75) is 64.2 Å². The van der Waals surface area contributed by atoms with E-state index in [0.717, 1.165) is 36.0 Å². The molecule has 2 aromatic heterocycles. The molecule has 1 aliphatic heterocycles. The molecule has 0 aromatic carbocycles. The average Bonchev–Trinajstić information content (AvgIpc) is 3.57. The first-order chi connectivity index (χ1) is 15.6. The summed E-state index contributed by atoms with van der Waals surface area (Å²) in [6.07, 6.45) is 9.80. The van der Waals surface area contributed by atoms with Gasteiger partial charge in [0.15, 0.2) is 0 Å². The Kier molecular flexibility index (Phi) is 6.02. The number of rotatable bonds is 6. The Morgan fingerprint density at radius 2 is 1.91 bits per heavy atom. The van der Waals surface area contributed by atoms with Gasteiger partial charge in [-0.1, -0.05) is 32.1 Å². The number of nitrogens with zero attached hydrogens (tertiary/aromatic N) is 4. The van der Waals surface area contributed by atoms with E-state index in [-0.39, 0.29) is 11.9 Å². The van der Waals surface area contributed by atoms with Crippen molar-refractivity contribution in [1.82, 2.24) is 20.2 Å². The average molecular weight is 439 g/mol. The van der Waals surface area contributed by atoms with Gasteiger partial charge in [0.25, 0.3) is 0 Å². The van der Waals surface area contributed by atoms with E-state index >= 15 is 0 Å². The lowest BCUT2D eigenvalue weighted by Crippen LogP contribution is -2.46. The largest absolute Gasteiger partial charge is 0.469 e. The normalized spacial score (nSPS) is 24.4. The van der Waals surface area contributed by atoms with Gasteiger partial charge in [-0.15, -0.1) is 0 Å². The van der Waals surface area contributed by atoms with E-state index in [9.17, 15) is 4.79 Å². The van der Waals surface area contributed by atoms with Gasteiger partial charge in [0.1, 0.15) is 11.6 Å². The summed E-state index contributed by atoms with van der Waals surface area (Å²) in [5.41, 5.74) is 2.01. The van der Waals surface area contributed by atoms with Crippen molar-refractivity contribution in [2.75, 3.05) is 30.4 Å². The van der Waals surface area contributed by atoms with Crippen LogP contribution in [0.1, 0.15) is 68.7 Å². The summed E-state index contributed by atoms with van der Waals surface area (Å²) in [4.78, 5) is 24.3. The van der Waals surface area contributed by atoms with E-state index in [1.807, 2.05) is 13.0 Å². The molecule has 32 heavy (non-hydrogen) atoms. The quantitative estimate of drug-likeness (QED) is 0.648. The van der Waals surface area contributed by atoms with E-state index in [1.165, 1.54) is 52.1 Å². The number of carbonyl (C=O) groups excluding carboxylic acids is 1. The third kappa shape index (κ3) is 4.74. The molecule has 2 N–H and O–H groups in total. The van der Waals surface area contributed by atoms with Crippen molar-refractivity contribution in [3.8, 4) is 0 Å². The Hall–Kier alpha value is -2.64. The number of nitrogens with one attached hydrogen (secondary N) is 2. The molecule has 3 aliphatic rings. The third-order valence-electron chi connectivity index (χ3n) is 7.32. The molecule has 8 heteroatoms. The summed E-state index contributed by atoms with van der Waals surface area (Å²) in [5, 5.41) is 10.9. The van der Waals surface area contributed by atoms with E-state index in [1.54, 1.807) is 0 Å². The zero-order valence-corrected chi connectivity index (χ0v) is 19.1. The van der Waals surface area contributed by atoms with E-state index < -0.39 is 0 Å². The summed E-state index contributed by atoms with van der Waals surface area (Å²) in [6, 6.07) is 4.02. The molecule has 8 nitrogen and oxygen atoms in total.